The second-order valence-corrected chi connectivity index (χ2v) is 5.83. The monoisotopic (exact) mass is 276 g/mol. The first-order valence-electron chi connectivity index (χ1n) is 7.76. The number of hydrogen-bond donors (Lipinski definition) is 1. The lowest BCUT2D eigenvalue weighted by atomic mass is 10.0. The number of nitrogens with one attached hydrogen (secondary N) is 1. The number of anilines is 1. The third-order valence-electron chi connectivity index (χ3n) is 4.18. The summed E-state index contributed by atoms with van der Waals surface area (Å²) in [6, 6.07) is 2.42. The van der Waals surface area contributed by atoms with E-state index in [2.05, 4.69) is 20.2 Å². The molecule has 3 heterocycles. The van der Waals surface area contributed by atoms with Gasteiger partial charge in [0.05, 0.1) is 6.10 Å². The third kappa shape index (κ3) is 3.90. The van der Waals surface area contributed by atoms with E-state index in [1.807, 2.05) is 6.07 Å². The molecule has 2 fully saturated rings. The maximum atomic E-state index is 5.85. The number of aromatic nitrogens is 2. The van der Waals surface area contributed by atoms with Crippen LogP contribution in [0.2, 0.25) is 0 Å². The Hall–Kier alpha value is -1.20. The van der Waals surface area contributed by atoms with Gasteiger partial charge in [-0.25, -0.2) is 9.97 Å². The standard InChI is InChI=1S/C15H24N4O/c1-2-9-20-14(5-1)11-19-8-3-4-13(10-19)18-15-6-7-16-12-17-15/h6-7,12-14H,1-5,8-11H2,(H,16,17,18). The SMILES string of the molecule is c1cc(NC2CCCN(CC3CCCCO3)C2)ncn1. The topological polar surface area (TPSA) is 50.3 Å². The van der Waals surface area contributed by atoms with Gasteiger partial charge in [-0.15, -0.1) is 0 Å². The van der Waals surface area contributed by atoms with Gasteiger partial charge >= 0.3 is 0 Å². The Morgan fingerprint density at radius 1 is 1.30 bits per heavy atom. The Morgan fingerprint density at radius 2 is 2.30 bits per heavy atom. The highest BCUT2D eigenvalue weighted by Gasteiger charge is 2.23. The summed E-state index contributed by atoms with van der Waals surface area (Å²) in [5.41, 5.74) is 0. The first-order chi connectivity index (χ1) is 9.90. The van der Waals surface area contributed by atoms with Crippen LogP contribution in [-0.2, 0) is 4.74 Å². The van der Waals surface area contributed by atoms with Crippen LogP contribution in [0, 0.1) is 0 Å². The molecular weight excluding hydrogens is 252 g/mol. The van der Waals surface area contributed by atoms with Crippen LogP contribution in [0.15, 0.2) is 18.6 Å². The van der Waals surface area contributed by atoms with Crippen LogP contribution < -0.4 is 5.32 Å². The smallest absolute Gasteiger partial charge is 0.129 e. The first kappa shape index (κ1) is 13.8. The molecule has 2 aliphatic rings. The highest BCUT2D eigenvalue weighted by Crippen LogP contribution is 2.18. The zero-order valence-corrected chi connectivity index (χ0v) is 12.0. The van der Waals surface area contributed by atoms with Crippen molar-refractivity contribution in [1.29, 1.82) is 0 Å². The van der Waals surface area contributed by atoms with Gasteiger partial charge in [0.2, 0.25) is 0 Å². The van der Waals surface area contributed by atoms with E-state index in [-0.39, 0.29) is 0 Å². The van der Waals surface area contributed by atoms with E-state index in [9.17, 15) is 0 Å². The molecule has 5 nitrogen and oxygen atoms in total. The molecule has 0 radical (unpaired) electrons. The molecule has 0 bridgehead atoms. The molecule has 2 aliphatic heterocycles. The fourth-order valence-electron chi connectivity index (χ4n) is 3.16. The van der Waals surface area contributed by atoms with Crippen LogP contribution in [0.4, 0.5) is 5.82 Å². The highest BCUT2D eigenvalue weighted by molar-refractivity contribution is 5.33. The number of nitrogens with zero attached hydrogens (tertiary/aromatic N) is 3. The predicted octanol–water partition coefficient (Wildman–Crippen LogP) is 1.92. The van der Waals surface area contributed by atoms with Crippen LogP contribution in [-0.4, -0.2) is 53.3 Å². The zero-order chi connectivity index (χ0) is 13.6. The van der Waals surface area contributed by atoms with Gasteiger partial charge in [0.25, 0.3) is 0 Å². The molecule has 20 heavy (non-hydrogen) atoms. The largest absolute Gasteiger partial charge is 0.377 e. The van der Waals surface area contributed by atoms with Crippen molar-refractivity contribution in [2.24, 2.45) is 0 Å². The van der Waals surface area contributed by atoms with E-state index < -0.39 is 0 Å². The van der Waals surface area contributed by atoms with Gasteiger partial charge in [-0.3, -0.25) is 4.90 Å². The van der Waals surface area contributed by atoms with Crippen LogP contribution in [0.25, 0.3) is 0 Å². The Kier molecular flexibility index (Phi) is 4.82. The summed E-state index contributed by atoms with van der Waals surface area (Å²) in [7, 11) is 0. The molecule has 0 saturated carbocycles. The molecule has 0 aromatic carbocycles. The summed E-state index contributed by atoms with van der Waals surface area (Å²) in [5.74, 6) is 0.931. The molecule has 110 valence electrons. The molecule has 1 aromatic heterocycles. The van der Waals surface area contributed by atoms with E-state index in [0.29, 0.717) is 12.1 Å². The van der Waals surface area contributed by atoms with Crippen molar-refractivity contribution in [3.63, 3.8) is 0 Å². The van der Waals surface area contributed by atoms with Gasteiger partial charge in [0.15, 0.2) is 0 Å². The van der Waals surface area contributed by atoms with Crippen molar-refractivity contribution in [3.05, 3.63) is 18.6 Å². The van der Waals surface area contributed by atoms with Crippen LogP contribution in [0.1, 0.15) is 32.1 Å². The fourth-order valence-corrected chi connectivity index (χ4v) is 3.16. The molecule has 0 amide bonds. The zero-order valence-electron chi connectivity index (χ0n) is 12.0. The summed E-state index contributed by atoms with van der Waals surface area (Å²) < 4.78 is 5.85. The lowest BCUT2D eigenvalue weighted by Gasteiger charge is -2.36. The average molecular weight is 276 g/mol. The van der Waals surface area contributed by atoms with E-state index in [0.717, 1.165) is 25.5 Å². The van der Waals surface area contributed by atoms with Gasteiger partial charge in [-0.1, -0.05) is 0 Å². The van der Waals surface area contributed by atoms with Crippen molar-refractivity contribution >= 4 is 5.82 Å². The number of rotatable bonds is 4. The minimum Gasteiger partial charge on any atom is -0.377 e. The summed E-state index contributed by atoms with van der Waals surface area (Å²) in [6.45, 7) is 4.31. The van der Waals surface area contributed by atoms with Gasteiger partial charge in [-0.2, -0.15) is 0 Å². The molecule has 2 atom stereocenters. The third-order valence-corrected chi connectivity index (χ3v) is 4.18. The second kappa shape index (κ2) is 6.99. The lowest BCUT2D eigenvalue weighted by Crippen LogP contribution is -2.46. The molecule has 0 spiro atoms. The second-order valence-electron chi connectivity index (χ2n) is 5.83. The first-order valence-corrected chi connectivity index (χ1v) is 7.76. The van der Waals surface area contributed by atoms with E-state index >= 15 is 0 Å². The molecule has 5 heteroatoms. The predicted molar refractivity (Wildman–Crippen MR) is 78.7 cm³/mol. The average Bonchev–Trinajstić information content (AvgIpc) is 2.50. The van der Waals surface area contributed by atoms with Crippen molar-refractivity contribution in [3.8, 4) is 0 Å². The van der Waals surface area contributed by atoms with Gasteiger partial charge < -0.3 is 10.1 Å². The minimum atomic E-state index is 0.446. The Labute approximate surface area is 120 Å². The van der Waals surface area contributed by atoms with E-state index in [1.54, 1.807) is 12.5 Å². The van der Waals surface area contributed by atoms with Crippen LogP contribution in [0.5, 0.6) is 0 Å². The van der Waals surface area contributed by atoms with Gasteiger partial charge in [-0.05, 0) is 44.7 Å². The van der Waals surface area contributed by atoms with E-state index in [1.165, 1.54) is 38.6 Å². The van der Waals surface area contributed by atoms with Crippen LogP contribution in [0.3, 0.4) is 0 Å². The summed E-state index contributed by atoms with van der Waals surface area (Å²) in [6.07, 6.45) is 10.1. The highest BCUT2D eigenvalue weighted by atomic mass is 16.5. The van der Waals surface area contributed by atoms with Crippen LogP contribution >= 0.6 is 0 Å². The van der Waals surface area contributed by atoms with Gasteiger partial charge in [0, 0.05) is 31.9 Å². The summed E-state index contributed by atoms with van der Waals surface area (Å²) >= 11 is 0. The molecule has 1 N–H and O–H groups in total. The maximum Gasteiger partial charge on any atom is 0.129 e. The Morgan fingerprint density at radius 3 is 3.10 bits per heavy atom. The summed E-state index contributed by atoms with van der Waals surface area (Å²) in [4.78, 5) is 10.7. The Bertz CT molecular complexity index is 394. The van der Waals surface area contributed by atoms with Crippen molar-refractivity contribution in [1.82, 2.24) is 14.9 Å². The van der Waals surface area contributed by atoms with Crippen molar-refractivity contribution in [2.75, 3.05) is 31.6 Å². The molecule has 2 saturated heterocycles. The van der Waals surface area contributed by atoms with Crippen molar-refractivity contribution < 1.29 is 4.74 Å². The summed E-state index contributed by atoms with van der Waals surface area (Å²) in [5, 5.41) is 3.51. The lowest BCUT2D eigenvalue weighted by molar-refractivity contribution is -0.00931. The Balaban J connectivity index is 1.48. The molecule has 1 aromatic rings. The normalized spacial score (nSPS) is 28.2. The number of piperidine rings is 1. The molecular formula is C15H24N4O. The molecule has 3 rings (SSSR count). The number of ether oxygens (including phenoxy) is 1. The number of likely N-dealkylation sites (tertiary alicyclic amines) is 1. The van der Waals surface area contributed by atoms with E-state index in [4.69, 9.17) is 4.74 Å². The maximum absolute atomic E-state index is 5.85. The minimum absolute atomic E-state index is 0.446. The van der Waals surface area contributed by atoms with Gasteiger partial charge in [0.1, 0.15) is 12.1 Å². The quantitative estimate of drug-likeness (QED) is 0.910. The van der Waals surface area contributed by atoms with Crippen molar-refractivity contribution in [2.45, 2.75) is 44.2 Å². The fraction of sp³-hybridized carbons (Fsp3) is 0.733. The molecule has 0 aliphatic carbocycles. The molecule has 2 unspecified atom stereocenters. The number of hydrogen-bond acceptors (Lipinski definition) is 5.